The molecule has 134 valence electrons. The predicted octanol–water partition coefficient (Wildman–Crippen LogP) is 2.43. The zero-order valence-electron chi connectivity index (χ0n) is 14.2. The minimum Gasteiger partial charge on any atom is -0.353 e. The fraction of sp³-hybridized carbons (Fsp3) is 0.294. The Balaban J connectivity index is 2.00. The van der Waals surface area contributed by atoms with Crippen LogP contribution in [-0.2, 0) is 14.8 Å². The van der Waals surface area contributed by atoms with Gasteiger partial charge >= 0.3 is 0 Å². The third-order valence-electron chi connectivity index (χ3n) is 3.61. The molecule has 0 saturated heterocycles. The second kappa shape index (κ2) is 8.37. The molecule has 0 bridgehead atoms. The summed E-state index contributed by atoms with van der Waals surface area (Å²) in [5, 5.41) is 5.54. The summed E-state index contributed by atoms with van der Waals surface area (Å²) >= 11 is 1.56. The van der Waals surface area contributed by atoms with Crippen molar-refractivity contribution >= 4 is 27.3 Å². The Bertz CT molecular complexity index is 842. The Hall–Kier alpha value is -2.03. The van der Waals surface area contributed by atoms with Crippen molar-refractivity contribution < 1.29 is 13.2 Å². The van der Waals surface area contributed by atoms with E-state index >= 15 is 0 Å². The maximum Gasteiger partial charge on any atom is 0.243 e. The molecule has 2 rings (SSSR count). The van der Waals surface area contributed by atoms with Crippen molar-refractivity contribution in [3.8, 4) is 11.3 Å². The normalized spacial score (nSPS) is 11.5. The predicted molar refractivity (Wildman–Crippen MR) is 99.9 cm³/mol. The van der Waals surface area contributed by atoms with Gasteiger partial charge in [0, 0.05) is 31.1 Å². The van der Waals surface area contributed by atoms with E-state index in [0.29, 0.717) is 19.5 Å². The summed E-state index contributed by atoms with van der Waals surface area (Å²) in [5.41, 5.74) is 1.73. The van der Waals surface area contributed by atoms with Gasteiger partial charge in [-0.1, -0.05) is 18.7 Å². The molecule has 0 saturated carbocycles. The minimum absolute atomic E-state index is 0.237. The number of rotatable bonds is 8. The Morgan fingerprint density at radius 1 is 1.36 bits per heavy atom. The largest absolute Gasteiger partial charge is 0.353 e. The molecular formula is C17H21N3O3S2. The van der Waals surface area contributed by atoms with Gasteiger partial charge in [-0.15, -0.1) is 11.3 Å². The zero-order valence-corrected chi connectivity index (χ0v) is 15.9. The van der Waals surface area contributed by atoms with E-state index < -0.39 is 10.0 Å². The van der Waals surface area contributed by atoms with E-state index in [4.69, 9.17) is 0 Å². The van der Waals surface area contributed by atoms with E-state index in [2.05, 4.69) is 16.9 Å². The molecule has 0 aliphatic heterocycles. The van der Waals surface area contributed by atoms with Crippen molar-refractivity contribution in [3.05, 3.63) is 47.3 Å². The van der Waals surface area contributed by atoms with Crippen LogP contribution in [0.4, 0.5) is 0 Å². The van der Waals surface area contributed by atoms with Gasteiger partial charge in [-0.3, -0.25) is 4.79 Å². The highest BCUT2D eigenvalue weighted by Crippen LogP contribution is 2.24. The smallest absolute Gasteiger partial charge is 0.243 e. The monoisotopic (exact) mass is 379 g/mol. The SMILES string of the molecule is C=CC(=O)NCCCN(C)S(=O)(=O)c1ccc(-c2csc(C)n2)cc1. The molecule has 0 fully saturated rings. The number of hydrogen-bond donors (Lipinski definition) is 1. The lowest BCUT2D eigenvalue weighted by Crippen LogP contribution is -2.31. The standard InChI is InChI=1S/C17H21N3O3S2/c1-4-17(21)18-10-5-11-20(3)25(22,23)15-8-6-14(7-9-15)16-12-24-13(2)19-16/h4,6-9,12H,1,5,10-11H2,2-3H3,(H,18,21). The summed E-state index contributed by atoms with van der Waals surface area (Å²) in [6.07, 6.45) is 1.71. The van der Waals surface area contributed by atoms with Crippen LogP contribution in [0.3, 0.4) is 0 Å². The van der Waals surface area contributed by atoms with Gasteiger partial charge in [-0.05, 0) is 31.6 Å². The summed E-state index contributed by atoms with van der Waals surface area (Å²) < 4.78 is 26.4. The van der Waals surface area contributed by atoms with Crippen LogP contribution < -0.4 is 5.32 Å². The van der Waals surface area contributed by atoms with Crippen LogP contribution in [0.5, 0.6) is 0 Å². The number of aryl methyl sites for hydroxylation is 1. The zero-order chi connectivity index (χ0) is 18.4. The molecule has 0 aliphatic carbocycles. The summed E-state index contributed by atoms with van der Waals surface area (Å²) in [5.74, 6) is -0.265. The third kappa shape index (κ3) is 4.97. The molecule has 1 aromatic carbocycles. The number of nitrogens with zero attached hydrogens (tertiary/aromatic N) is 2. The number of benzene rings is 1. The number of nitrogens with one attached hydrogen (secondary N) is 1. The summed E-state index contributed by atoms with van der Waals surface area (Å²) in [7, 11) is -2.03. The third-order valence-corrected chi connectivity index (χ3v) is 6.26. The van der Waals surface area contributed by atoms with Crippen molar-refractivity contribution in [1.29, 1.82) is 0 Å². The second-order valence-corrected chi connectivity index (χ2v) is 8.56. The Morgan fingerprint density at radius 3 is 2.60 bits per heavy atom. The van der Waals surface area contributed by atoms with Crippen LogP contribution in [0.25, 0.3) is 11.3 Å². The van der Waals surface area contributed by atoms with Crippen LogP contribution in [0.15, 0.2) is 47.2 Å². The molecule has 8 heteroatoms. The van der Waals surface area contributed by atoms with Crippen LogP contribution in [-0.4, -0.2) is 43.8 Å². The number of thiazole rings is 1. The number of amides is 1. The summed E-state index contributed by atoms with van der Waals surface area (Å²) in [6, 6.07) is 6.71. The topological polar surface area (TPSA) is 79.4 Å². The van der Waals surface area contributed by atoms with Crippen molar-refractivity contribution in [2.24, 2.45) is 0 Å². The Kier molecular flexibility index (Phi) is 6.46. The first kappa shape index (κ1) is 19.3. The fourth-order valence-corrected chi connectivity index (χ4v) is 4.01. The molecule has 0 atom stereocenters. The number of sulfonamides is 1. The maximum atomic E-state index is 12.6. The van der Waals surface area contributed by atoms with Gasteiger partial charge in [-0.25, -0.2) is 17.7 Å². The van der Waals surface area contributed by atoms with Crippen LogP contribution in [0, 0.1) is 6.92 Å². The van der Waals surface area contributed by atoms with Gasteiger partial charge in [0.2, 0.25) is 15.9 Å². The summed E-state index contributed by atoms with van der Waals surface area (Å²) in [6.45, 7) is 6.00. The second-order valence-electron chi connectivity index (χ2n) is 5.45. The van der Waals surface area contributed by atoms with E-state index in [1.54, 1.807) is 35.6 Å². The minimum atomic E-state index is -3.56. The van der Waals surface area contributed by atoms with Gasteiger partial charge in [0.15, 0.2) is 0 Å². The van der Waals surface area contributed by atoms with Gasteiger partial charge in [0.1, 0.15) is 0 Å². The van der Waals surface area contributed by atoms with E-state index in [9.17, 15) is 13.2 Å². The molecular weight excluding hydrogens is 358 g/mol. The average molecular weight is 380 g/mol. The molecule has 1 N–H and O–H groups in total. The van der Waals surface area contributed by atoms with E-state index in [1.807, 2.05) is 12.3 Å². The van der Waals surface area contributed by atoms with E-state index in [0.717, 1.165) is 16.3 Å². The lowest BCUT2D eigenvalue weighted by Gasteiger charge is -2.17. The molecule has 6 nitrogen and oxygen atoms in total. The number of aromatic nitrogens is 1. The lowest BCUT2D eigenvalue weighted by molar-refractivity contribution is -0.116. The van der Waals surface area contributed by atoms with Crippen LogP contribution in [0.1, 0.15) is 11.4 Å². The molecule has 2 aromatic rings. The van der Waals surface area contributed by atoms with Crippen LogP contribution in [0.2, 0.25) is 0 Å². The van der Waals surface area contributed by atoms with E-state index in [-0.39, 0.29) is 10.8 Å². The molecule has 1 aromatic heterocycles. The van der Waals surface area contributed by atoms with Gasteiger partial charge in [0.25, 0.3) is 0 Å². The Labute approximate surface area is 152 Å². The average Bonchev–Trinajstić information content (AvgIpc) is 3.04. The van der Waals surface area contributed by atoms with Gasteiger partial charge < -0.3 is 5.32 Å². The van der Waals surface area contributed by atoms with E-state index in [1.165, 1.54) is 17.4 Å². The van der Waals surface area contributed by atoms with Crippen molar-refractivity contribution in [1.82, 2.24) is 14.6 Å². The molecule has 25 heavy (non-hydrogen) atoms. The molecule has 0 aliphatic rings. The highest BCUT2D eigenvalue weighted by atomic mass is 32.2. The first-order valence-electron chi connectivity index (χ1n) is 7.74. The van der Waals surface area contributed by atoms with Crippen molar-refractivity contribution in [2.45, 2.75) is 18.2 Å². The first-order chi connectivity index (χ1) is 11.8. The number of hydrogen-bond acceptors (Lipinski definition) is 5. The molecule has 0 unspecified atom stereocenters. The number of carbonyl (C=O) groups excluding carboxylic acids is 1. The first-order valence-corrected chi connectivity index (χ1v) is 10.1. The number of carbonyl (C=O) groups is 1. The lowest BCUT2D eigenvalue weighted by atomic mass is 10.2. The Morgan fingerprint density at radius 2 is 2.04 bits per heavy atom. The maximum absolute atomic E-state index is 12.6. The van der Waals surface area contributed by atoms with Gasteiger partial charge in [0.05, 0.1) is 15.6 Å². The molecule has 1 heterocycles. The fourth-order valence-electron chi connectivity index (χ4n) is 2.18. The van der Waals surface area contributed by atoms with Crippen molar-refractivity contribution in [3.63, 3.8) is 0 Å². The highest BCUT2D eigenvalue weighted by Gasteiger charge is 2.20. The molecule has 1 amide bonds. The summed E-state index contributed by atoms with van der Waals surface area (Å²) in [4.78, 5) is 15.7. The van der Waals surface area contributed by atoms with Gasteiger partial charge in [-0.2, -0.15) is 0 Å². The highest BCUT2D eigenvalue weighted by molar-refractivity contribution is 7.89. The van der Waals surface area contributed by atoms with Crippen molar-refractivity contribution in [2.75, 3.05) is 20.1 Å². The molecule has 0 spiro atoms. The quantitative estimate of drug-likeness (QED) is 0.564. The molecule has 0 radical (unpaired) electrons. The van der Waals surface area contributed by atoms with Crippen LogP contribution >= 0.6 is 11.3 Å².